The molecule has 0 fully saturated rings. The first-order valence-corrected chi connectivity index (χ1v) is 10.2. The second-order valence-corrected chi connectivity index (χ2v) is 8.11. The van der Waals surface area contributed by atoms with Gasteiger partial charge >= 0.3 is 6.18 Å². The van der Waals surface area contributed by atoms with Gasteiger partial charge in [0.2, 0.25) is 5.69 Å². The second-order valence-electron chi connectivity index (χ2n) is 7.23. The van der Waals surface area contributed by atoms with Crippen LogP contribution in [0.15, 0.2) is 66.9 Å². The number of hydrogen-bond acceptors (Lipinski definition) is 0. The highest BCUT2D eigenvalue weighted by Crippen LogP contribution is 2.39. The highest BCUT2D eigenvalue weighted by molar-refractivity contribution is 6.32. The minimum Gasteiger partial charge on any atom is -0.361 e. The van der Waals surface area contributed by atoms with Gasteiger partial charge < -0.3 is 4.98 Å². The molecule has 2 nitrogen and oxygen atoms in total. The fourth-order valence-corrected chi connectivity index (χ4v) is 4.23. The topological polar surface area (TPSA) is 29.8 Å². The molecule has 0 unspecified atom stereocenters. The van der Waals surface area contributed by atoms with E-state index >= 15 is 0 Å². The lowest BCUT2D eigenvalue weighted by atomic mass is 9.89. The molecule has 2 heterocycles. The molecule has 0 bridgehead atoms. The number of rotatable bonds is 2. The standard InChI is InChI=1S/C24H13Cl2F3N2/c25-15-5-7-21-17(9-15)19(11-30-21)23(13-1-3-14(4-2-13)24(27,28)29)20-12-31-22-8-6-16(26)10-18(20)22/h1-12,30H/p+1. The molecule has 1 aliphatic rings. The molecule has 2 N–H and O–H groups in total. The normalized spacial score (nSPS) is 14.9. The monoisotopic (exact) mass is 457 g/mol. The zero-order valence-corrected chi connectivity index (χ0v) is 17.3. The number of benzene rings is 3. The largest absolute Gasteiger partial charge is 0.416 e. The van der Waals surface area contributed by atoms with E-state index in [2.05, 4.69) is 9.98 Å². The van der Waals surface area contributed by atoms with Crippen molar-refractivity contribution in [3.63, 3.8) is 0 Å². The minimum atomic E-state index is -4.40. The van der Waals surface area contributed by atoms with E-state index in [-0.39, 0.29) is 0 Å². The Labute approximate surface area is 185 Å². The lowest BCUT2D eigenvalue weighted by molar-refractivity contribution is -0.342. The molecule has 154 valence electrons. The van der Waals surface area contributed by atoms with Crippen molar-refractivity contribution in [3.8, 4) is 0 Å². The molecular weight excluding hydrogens is 444 g/mol. The molecule has 0 aliphatic carbocycles. The number of halogens is 5. The quantitative estimate of drug-likeness (QED) is 0.356. The number of alkyl halides is 3. The van der Waals surface area contributed by atoms with Gasteiger partial charge in [-0.1, -0.05) is 35.3 Å². The summed E-state index contributed by atoms with van der Waals surface area (Å²) >= 11 is 12.5. The van der Waals surface area contributed by atoms with Crippen molar-refractivity contribution < 1.29 is 18.2 Å². The molecule has 0 saturated heterocycles. The van der Waals surface area contributed by atoms with Crippen molar-refractivity contribution in [1.29, 1.82) is 0 Å². The first-order valence-electron chi connectivity index (χ1n) is 9.40. The Balaban J connectivity index is 1.80. The van der Waals surface area contributed by atoms with Crippen LogP contribution in [-0.2, 0) is 6.18 Å². The maximum Gasteiger partial charge on any atom is 0.416 e. The molecule has 1 aliphatic heterocycles. The third kappa shape index (κ3) is 3.54. The molecule has 3 aromatic carbocycles. The summed E-state index contributed by atoms with van der Waals surface area (Å²) in [7, 11) is 0. The number of H-pyrrole nitrogens is 1. The average Bonchev–Trinajstić information content (AvgIpc) is 3.33. The van der Waals surface area contributed by atoms with E-state index in [1.807, 2.05) is 36.7 Å². The maximum absolute atomic E-state index is 13.1. The molecule has 31 heavy (non-hydrogen) atoms. The first kappa shape index (κ1) is 19.9. The summed E-state index contributed by atoms with van der Waals surface area (Å²) in [6.45, 7) is 0. The van der Waals surface area contributed by atoms with Crippen molar-refractivity contribution in [2.75, 3.05) is 0 Å². The summed E-state index contributed by atoms with van der Waals surface area (Å²) in [4.78, 5) is 6.45. The number of aromatic nitrogens is 1. The van der Waals surface area contributed by atoms with Crippen LogP contribution in [0.2, 0.25) is 10.0 Å². The van der Waals surface area contributed by atoms with Gasteiger partial charge in [-0.25, -0.2) is 4.99 Å². The van der Waals surface area contributed by atoms with Crippen LogP contribution in [0.4, 0.5) is 18.9 Å². The Morgan fingerprint density at radius 1 is 0.871 bits per heavy atom. The zero-order chi connectivity index (χ0) is 21.8. The summed E-state index contributed by atoms with van der Waals surface area (Å²) in [5, 5.41) is 2.02. The molecule has 0 amide bonds. The van der Waals surface area contributed by atoms with Crippen molar-refractivity contribution in [2.45, 2.75) is 6.18 Å². The molecule has 0 radical (unpaired) electrons. The Hall–Kier alpha value is -3.02. The summed E-state index contributed by atoms with van der Waals surface area (Å²) in [5.74, 6) is 0. The van der Waals surface area contributed by atoms with E-state index in [0.717, 1.165) is 51.0 Å². The molecule has 0 spiro atoms. The average molecular weight is 458 g/mol. The number of aromatic amines is 1. The first-order chi connectivity index (χ1) is 14.8. The molecule has 0 atom stereocenters. The Morgan fingerprint density at radius 2 is 1.58 bits per heavy atom. The molecule has 4 aromatic rings. The van der Waals surface area contributed by atoms with Crippen molar-refractivity contribution in [1.82, 2.24) is 4.98 Å². The van der Waals surface area contributed by atoms with Gasteiger partial charge in [0.15, 0.2) is 6.21 Å². The van der Waals surface area contributed by atoms with Gasteiger partial charge in [0.1, 0.15) is 0 Å². The fourth-order valence-electron chi connectivity index (χ4n) is 3.88. The van der Waals surface area contributed by atoms with Crippen LogP contribution in [0, 0.1) is 0 Å². The second kappa shape index (κ2) is 7.29. The smallest absolute Gasteiger partial charge is 0.361 e. The van der Waals surface area contributed by atoms with Gasteiger partial charge in [0.25, 0.3) is 0 Å². The summed E-state index contributed by atoms with van der Waals surface area (Å²) < 4.78 is 39.4. The van der Waals surface area contributed by atoms with Crippen LogP contribution in [0.5, 0.6) is 0 Å². The van der Waals surface area contributed by atoms with Gasteiger partial charge in [0.05, 0.1) is 16.7 Å². The van der Waals surface area contributed by atoms with Gasteiger partial charge in [-0.15, -0.1) is 0 Å². The predicted octanol–water partition coefficient (Wildman–Crippen LogP) is 6.25. The van der Waals surface area contributed by atoms with E-state index in [1.165, 1.54) is 12.1 Å². The molecule has 5 rings (SSSR count). The number of hydrogen-bond donors (Lipinski definition) is 2. The lowest BCUT2D eigenvalue weighted by Gasteiger charge is -2.12. The third-order valence-electron chi connectivity index (χ3n) is 5.33. The SMILES string of the molecule is FC(F)(F)c1ccc(C(=C2C=[NH+]c3ccc(Cl)cc32)c2c[nH]c3ccc(Cl)cc23)cc1. The molecule has 1 aromatic heterocycles. The zero-order valence-electron chi connectivity index (χ0n) is 15.8. The number of allylic oxidation sites excluding steroid dienone is 1. The third-order valence-corrected chi connectivity index (χ3v) is 5.80. The van der Waals surface area contributed by atoms with E-state index in [9.17, 15) is 13.2 Å². The lowest BCUT2D eigenvalue weighted by Crippen LogP contribution is -2.58. The Bertz CT molecular complexity index is 1380. The van der Waals surface area contributed by atoms with Gasteiger partial charge in [-0.05, 0) is 48.0 Å². The van der Waals surface area contributed by atoms with E-state index in [4.69, 9.17) is 23.2 Å². The van der Waals surface area contributed by atoms with Gasteiger partial charge in [-0.2, -0.15) is 13.2 Å². The van der Waals surface area contributed by atoms with E-state index in [1.54, 1.807) is 12.1 Å². The van der Waals surface area contributed by atoms with Crippen LogP contribution in [0.25, 0.3) is 22.0 Å². The Morgan fingerprint density at radius 3 is 2.32 bits per heavy atom. The van der Waals surface area contributed by atoms with Crippen LogP contribution in [-0.4, -0.2) is 11.2 Å². The van der Waals surface area contributed by atoms with E-state index in [0.29, 0.717) is 15.6 Å². The molecular formula is C24H14Cl2F3N2+. The fraction of sp³-hybridized carbons (Fsp3) is 0.0417. The highest BCUT2D eigenvalue weighted by Gasteiger charge is 2.31. The predicted molar refractivity (Wildman–Crippen MR) is 119 cm³/mol. The molecule has 0 saturated carbocycles. The number of nitrogens with one attached hydrogen (secondary N) is 2. The highest BCUT2D eigenvalue weighted by atomic mass is 35.5. The van der Waals surface area contributed by atoms with Gasteiger partial charge in [0, 0.05) is 44.3 Å². The summed E-state index contributed by atoms with van der Waals surface area (Å²) in [6, 6.07) is 16.2. The molecule has 7 heteroatoms. The summed E-state index contributed by atoms with van der Waals surface area (Å²) in [6.07, 6.45) is -0.712. The number of fused-ring (bicyclic) bond motifs is 2. The van der Waals surface area contributed by atoms with Crippen LogP contribution in [0.3, 0.4) is 0 Å². The van der Waals surface area contributed by atoms with Gasteiger partial charge in [-0.3, -0.25) is 0 Å². The Kier molecular flexibility index (Phi) is 4.68. The summed E-state index contributed by atoms with van der Waals surface area (Å²) in [5.41, 5.74) is 5.02. The van der Waals surface area contributed by atoms with Crippen molar-refractivity contribution in [2.24, 2.45) is 0 Å². The van der Waals surface area contributed by atoms with Crippen LogP contribution >= 0.6 is 23.2 Å². The minimum absolute atomic E-state index is 0.571. The van der Waals surface area contributed by atoms with E-state index < -0.39 is 11.7 Å². The van der Waals surface area contributed by atoms with Crippen molar-refractivity contribution in [3.05, 3.63) is 99.2 Å². The maximum atomic E-state index is 13.1. The van der Waals surface area contributed by atoms with Crippen molar-refractivity contribution >= 4 is 57.2 Å². The van der Waals surface area contributed by atoms with Crippen LogP contribution in [0.1, 0.15) is 22.3 Å². The van der Waals surface area contributed by atoms with Crippen LogP contribution < -0.4 is 4.99 Å².